The lowest BCUT2D eigenvalue weighted by Gasteiger charge is -2.40. The summed E-state index contributed by atoms with van der Waals surface area (Å²) in [6, 6.07) is 2.17. The Labute approximate surface area is 203 Å². The van der Waals surface area contributed by atoms with Crippen molar-refractivity contribution in [3.63, 3.8) is 0 Å². The summed E-state index contributed by atoms with van der Waals surface area (Å²) in [5, 5.41) is 33.6. The quantitative estimate of drug-likeness (QED) is 0.255. The number of likely N-dealkylation sites (tertiary alicyclic amines) is 1. The summed E-state index contributed by atoms with van der Waals surface area (Å²) in [7, 11) is 0. The summed E-state index contributed by atoms with van der Waals surface area (Å²) >= 11 is 0. The van der Waals surface area contributed by atoms with Gasteiger partial charge in [-0.3, -0.25) is 9.59 Å². The molecule has 0 saturated carbocycles. The Bertz CT molecular complexity index is 840. The van der Waals surface area contributed by atoms with Crippen molar-refractivity contribution in [2.45, 2.75) is 37.6 Å². The van der Waals surface area contributed by atoms with Crippen LogP contribution in [-0.2, 0) is 16.0 Å². The fourth-order valence-corrected chi connectivity index (χ4v) is 4.31. The lowest BCUT2D eigenvalue weighted by atomic mass is 9.93. The fraction of sp³-hybridized carbons (Fsp3) is 0.667. The normalized spacial score (nSPS) is 17.2. The van der Waals surface area contributed by atoms with E-state index in [1.54, 1.807) is 0 Å². The van der Waals surface area contributed by atoms with Gasteiger partial charge in [0.25, 0.3) is 0 Å². The molecule has 1 aromatic carbocycles. The Hall–Kier alpha value is -2.34. The Morgan fingerprint density at radius 2 is 1.69 bits per heavy atom. The summed E-state index contributed by atoms with van der Waals surface area (Å²) in [4.78, 5) is 26.0. The molecule has 2 saturated heterocycles. The molecule has 196 valence electrons. The minimum absolute atomic E-state index is 0.0323. The maximum Gasteiger partial charge on any atom is 0.227 e. The molecule has 2 amide bonds. The number of rotatable bonds is 12. The van der Waals surface area contributed by atoms with Gasteiger partial charge in [-0.15, -0.1) is 0 Å². The minimum atomic E-state index is -1.55. The Kier molecular flexibility index (Phi) is 9.79. The van der Waals surface area contributed by atoms with Gasteiger partial charge in [-0.05, 0) is 44.7 Å². The zero-order valence-corrected chi connectivity index (χ0v) is 19.8. The van der Waals surface area contributed by atoms with Gasteiger partial charge in [-0.2, -0.15) is 0 Å². The van der Waals surface area contributed by atoms with E-state index in [2.05, 4.69) is 10.6 Å². The maximum absolute atomic E-state index is 14.5. The number of ether oxygens (including phenoxy) is 1. The lowest BCUT2D eigenvalue weighted by molar-refractivity contribution is -0.144. The number of piperidine rings is 1. The van der Waals surface area contributed by atoms with Crippen LogP contribution >= 0.6 is 0 Å². The molecule has 1 aromatic rings. The van der Waals surface area contributed by atoms with Crippen LogP contribution in [0.4, 0.5) is 8.78 Å². The number of hydrogen-bond donors (Lipinski definition) is 5. The molecule has 0 spiro atoms. The molecule has 9 nitrogen and oxygen atoms in total. The number of hydrogen-bond acceptors (Lipinski definition) is 7. The van der Waals surface area contributed by atoms with Crippen molar-refractivity contribution in [3.8, 4) is 5.75 Å². The second kappa shape index (κ2) is 12.6. The van der Waals surface area contributed by atoms with Crippen molar-refractivity contribution >= 4 is 11.8 Å². The van der Waals surface area contributed by atoms with Gasteiger partial charge >= 0.3 is 0 Å². The SMILES string of the molecule is O=C(NC(CO)(CO)CO)C1CN(C(=O)Cc2c(F)cc(OCCCC3CCNCC3)cc2F)C1. The third-order valence-corrected chi connectivity index (χ3v) is 6.83. The van der Waals surface area contributed by atoms with Crippen LogP contribution < -0.4 is 15.4 Å². The molecule has 2 aliphatic heterocycles. The van der Waals surface area contributed by atoms with Crippen LogP contribution in [0.3, 0.4) is 0 Å². The molecule has 0 unspecified atom stereocenters. The monoisotopic (exact) mass is 499 g/mol. The van der Waals surface area contributed by atoms with E-state index in [1.807, 2.05) is 0 Å². The van der Waals surface area contributed by atoms with E-state index in [4.69, 9.17) is 4.74 Å². The van der Waals surface area contributed by atoms with Crippen molar-refractivity contribution < 1.29 is 38.4 Å². The van der Waals surface area contributed by atoms with Crippen LogP contribution in [0.25, 0.3) is 0 Å². The number of carbonyl (C=O) groups is 2. The highest BCUT2D eigenvalue weighted by molar-refractivity contribution is 5.85. The van der Waals surface area contributed by atoms with Crippen molar-refractivity contribution in [1.82, 2.24) is 15.5 Å². The molecule has 35 heavy (non-hydrogen) atoms. The summed E-state index contributed by atoms with van der Waals surface area (Å²) in [5.74, 6) is -2.66. The van der Waals surface area contributed by atoms with E-state index in [-0.39, 0.29) is 24.4 Å². The Morgan fingerprint density at radius 3 is 2.26 bits per heavy atom. The van der Waals surface area contributed by atoms with Crippen LogP contribution in [0.1, 0.15) is 31.2 Å². The minimum Gasteiger partial charge on any atom is -0.493 e. The molecular formula is C24H35F2N3O6. The molecule has 11 heteroatoms. The lowest BCUT2D eigenvalue weighted by Crippen LogP contribution is -2.63. The molecule has 5 N–H and O–H groups in total. The van der Waals surface area contributed by atoms with Gasteiger partial charge in [0.1, 0.15) is 22.9 Å². The molecule has 2 heterocycles. The molecule has 0 aromatic heterocycles. The number of benzene rings is 1. The number of aliphatic hydroxyl groups is 3. The van der Waals surface area contributed by atoms with Crippen molar-refractivity contribution in [2.75, 3.05) is 52.6 Å². The number of aliphatic hydroxyl groups excluding tert-OH is 3. The molecule has 2 aliphatic rings. The van der Waals surface area contributed by atoms with Crippen LogP contribution in [0.2, 0.25) is 0 Å². The van der Waals surface area contributed by atoms with E-state index < -0.39 is 61.1 Å². The first-order chi connectivity index (χ1) is 16.8. The molecular weight excluding hydrogens is 464 g/mol. The molecule has 3 rings (SSSR count). The maximum atomic E-state index is 14.5. The van der Waals surface area contributed by atoms with Crippen LogP contribution in [0.15, 0.2) is 12.1 Å². The van der Waals surface area contributed by atoms with Gasteiger partial charge in [-0.25, -0.2) is 8.78 Å². The predicted molar refractivity (Wildman–Crippen MR) is 123 cm³/mol. The van der Waals surface area contributed by atoms with Crippen LogP contribution in [-0.4, -0.2) is 90.2 Å². The number of halogens is 2. The Balaban J connectivity index is 1.45. The van der Waals surface area contributed by atoms with Crippen molar-refractivity contribution in [2.24, 2.45) is 11.8 Å². The number of carbonyl (C=O) groups excluding carboxylic acids is 2. The second-order valence-electron chi connectivity index (χ2n) is 9.47. The molecule has 0 atom stereocenters. The third kappa shape index (κ3) is 7.09. The first kappa shape index (κ1) is 27.3. The van der Waals surface area contributed by atoms with E-state index in [1.165, 1.54) is 4.90 Å². The first-order valence-electron chi connectivity index (χ1n) is 12.0. The van der Waals surface area contributed by atoms with Gasteiger partial charge in [0.05, 0.1) is 38.8 Å². The number of amides is 2. The fourth-order valence-electron chi connectivity index (χ4n) is 4.31. The summed E-state index contributed by atoms with van der Waals surface area (Å²) < 4.78 is 34.6. The first-order valence-corrected chi connectivity index (χ1v) is 12.0. The van der Waals surface area contributed by atoms with Crippen LogP contribution in [0.5, 0.6) is 5.75 Å². The van der Waals surface area contributed by atoms with E-state index in [0.717, 1.165) is 50.9 Å². The highest BCUT2D eigenvalue weighted by atomic mass is 19.1. The average molecular weight is 500 g/mol. The van der Waals surface area contributed by atoms with E-state index in [0.29, 0.717) is 12.5 Å². The highest BCUT2D eigenvalue weighted by Crippen LogP contribution is 2.25. The number of nitrogens with zero attached hydrogens (tertiary/aromatic N) is 1. The third-order valence-electron chi connectivity index (χ3n) is 6.83. The van der Waals surface area contributed by atoms with Gasteiger partial charge in [-0.1, -0.05) is 0 Å². The molecule has 0 radical (unpaired) electrons. The standard InChI is InChI=1S/C24H35F2N3O6/c25-20-8-18(35-7-1-2-16-3-5-27-6-4-16)9-21(26)19(20)10-22(33)29-11-17(12-29)23(34)28-24(13-30,14-31)15-32/h8-9,16-17,27,30-32H,1-7,10-15H2,(H,28,34). The van der Waals surface area contributed by atoms with Gasteiger partial charge in [0.15, 0.2) is 0 Å². The predicted octanol–water partition coefficient (Wildman–Crippen LogP) is -0.0438. The largest absolute Gasteiger partial charge is 0.493 e. The molecule has 0 aliphatic carbocycles. The zero-order chi connectivity index (χ0) is 25.4. The van der Waals surface area contributed by atoms with Crippen molar-refractivity contribution in [1.29, 1.82) is 0 Å². The topological polar surface area (TPSA) is 131 Å². The van der Waals surface area contributed by atoms with Crippen molar-refractivity contribution in [3.05, 3.63) is 29.3 Å². The van der Waals surface area contributed by atoms with E-state index in [9.17, 15) is 33.7 Å². The van der Waals surface area contributed by atoms with Gasteiger partial charge in [0.2, 0.25) is 11.8 Å². The molecule has 0 bridgehead atoms. The molecule has 2 fully saturated rings. The highest BCUT2D eigenvalue weighted by Gasteiger charge is 2.39. The average Bonchev–Trinajstić information content (AvgIpc) is 2.82. The van der Waals surface area contributed by atoms with Crippen LogP contribution in [0, 0.1) is 23.5 Å². The summed E-state index contributed by atoms with van der Waals surface area (Å²) in [5.41, 5.74) is -1.91. The summed E-state index contributed by atoms with van der Waals surface area (Å²) in [6.07, 6.45) is 3.57. The second-order valence-corrected chi connectivity index (χ2v) is 9.47. The van der Waals surface area contributed by atoms with E-state index >= 15 is 0 Å². The van der Waals surface area contributed by atoms with Gasteiger partial charge < -0.3 is 35.6 Å². The Morgan fingerprint density at radius 1 is 1.09 bits per heavy atom. The summed E-state index contributed by atoms with van der Waals surface area (Å²) in [6.45, 7) is 0.501. The number of nitrogens with one attached hydrogen (secondary N) is 2. The zero-order valence-electron chi connectivity index (χ0n) is 19.8. The van der Waals surface area contributed by atoms with Gasteiger partial charge in [0, 0.05) is 30.8 Å². The smallest absolute Gasteiger partial charge is 0.227 e.